The number of phenols is 1. The standard InChI is InChI=1S/C23H21N5OS/c1-13(2)27-10-9-16-18(11-27)30-23-19(16)22-25-21(26-28(22)12-24-23)17-8-7-14-5-3-4-6-15(14)20(17)29/h3-8,12-13,29H,9-11H2,1-2H3. The summed E-state index contributed by atoms with van der Waals surface area (Å²) in [4.78, 5) is 14.4. The van der Waals surface area contributed by atoms with Gasteiger partial charge in [0.1, 0.15) is 16.9 Å². The molecule has 2 aromatic carbocycles. The van der Waals surface area contributed by atoms with E-state index in [0.717, 1.165) is 46.1 Å². The molecule has 6 nitrogen and oxygen atoms in total. The molecule has 1 N–H and O–H groups in total. The highest BCUT2D eigenvalue weighted by Crippen LogP contribution is 2.38. The molecule has 0 fully saturated rings. The molecular weight excluding hydrogens is 394 g/mol. The quantitative estimate of drug-likeness (QED) is 0.455. The average Bonchev–Trinajstić information content (AvgIpc) is 3.34. The number of aromatic nitrogens is 4. The van der Waals surface area contributed by atoms with Gasteiger partial charge in [0.25, 0.3) is 0 Å². The van der Waals surface area contributed by atoms with Crippen LogP contribution in [0.15, 0.2) is 42.7 Å². The van der Waals surface area contributed by atoms with Crippen molar-refractivity contribution in [3.8, 4) is 17.1 Å². The van der Waals surface area contributed by atoms with E-state index in [2.05, 4.69) is 28.8 Å². The molecule has 0 saturated heterocycles. The maximum Gasteiger partial charge on any atom is 0.185 e. The minimum atomic E-state index is 0.216. The number of rotatable bonds is 2. The van der Waals surface area contributed by atoms with Gasteiger partial charge in [-0.05, 0) is 37.3 Å². The van der Waals surface area contributed by atoms with Crippen molar-refractivity contribution in [3.05, 3.63) is 53.2 Å². The molecule has 0 aliphatic carbocycles. The molecule has 3 aromatic heterocycles. The van der Waals surface area contributed by atoms with Crippen molar-refractivity contribution < 1.29 is 5.11 Å². The SMILES string of the molecule is CC(C)N1CCc2c(sc3ncn4nc(-c5ccc6ccccc6c5O)nc4c23)C1. The molecule has 0 saturated carbocycles. The monoisotopic (exact) mass is 415 g/mol. The molecule has 30 heavy (non-hydrogen) atoms. The van der Waals surface area contributed by atoms with E-state index in [0.29, 0.717) is 17.4 Å². The van der Waals surface area contributed by atoms with Crippen molar-refractivity contribution in [3.63, 3.8) is 0 Å². The molecule has 1 aliphatic heterocycles. The third-order valence-corrected chi connectivity index (χ3v) is 7.20. The molecule has 0 unspecified atom stereocenters. The number of thiophene rings is 1. The van der Waals surface area contributed by atoms with Gasteiger partial charge in [-0.3, -0.25) is 4.90 Å². The number of hydrogen-bond donors (Lipinski definition) is 1. The van der Waals surface area contributed by atoms with Crippen LogP contribution in [0, 0.1) is 0 Å². The zero-order valence-electron chi connectivity index (χ0n) is 16.8. The van der Waals surface area contributed by atoms with Crippen LogP contribution >= 0.6 is 11.3 Å². The normalized spacial score (nSPS) is 14.9. The largest absolute Gasteiger partial charge is 0.507 e. The summed E-state index contributed by atoms with van der Waals surface area (Å²) in [6, 6.07) is 12.2. The summed E-state index contributed by atoms with van der Waals surface area (Å²) in [5.74, 6) is 0.736. The summed E-state index contributed by atoms with van der Waals surface area (Å²) in [6.07, 6.45) is 2.73. The molecule has 1 aliphatic rings. The van der Waals surface area contributed by atoms with E-state index in [9.17, 15) is 5.11 Å². The summed E-state index contributed by atoms with van der Waals surface area (Å²) in [5, 5.41) is 18.4. The van der Waals surface area contributed by atoms with Gasteiger partial charge in [0.15, 0.2) is 11.5 Å². The first-order valence-corrected chi connectivity index (χ1v) is 11.0. The predicted molar refractivity (Wildman–Crippen MR) is 120 cm³/mol. The second kappa shape index (κ2) is 6.48. The summed E-state index contributed by atoms with van der Waals surface area (Å²) in [6.45, 7) is 6.50. The highest BCUT2D eigenvalue weighted by Gasteiger charge is 2.25. The number of aromatic hydroxyl groups is 1. The van der Waals surface area contributed by atoms with Crippen molar-refractivity contribution in [1.29, 1.82) is 0 Å². The lowest BCUT2D eigenvalue weighted by molar-refractivity contribution is 0.206. The first-order valence-electron chi connectivity index (χ1n) is 10.2. The van der Waals surface area contributed by atoms with Gasteiger partial charge < -0.3 is 5.11 Å². The Morgan fingerprint density at radius 1 is 1.13 bits per heavy atom. The number of fused-ring (bicyclic) bond motifs is 6. The maximum absolute atomic E-state index is 10.9. The van der Waals surface area contributed by atoms with Crippen LogP contribution < -0.4 is 0 Å². The zero-order valence-corrected chi connectivity index (χ0v) is 17.6. The van der Waals surface area contributed by atoms with Crippen molar-refractivity contribution in [1.82, 2.24) is 24.5 Å². The smallest absolute Gasteiger partial charge is 0.185 e. The van der Waals surface area contributed by atoms with Crippen LogP contribution in [0.2, 0.25) is 0 Å². The van der Waals surface area contributed by atoms with E-state index in [1.807, 2.05) is 36.4 Å². The molecule has 0 radical (unpaired) electrons. The first-order chi connectivity index (χ1) is 14.6. The highest BCUT2D eigenvalue weighted by molar-refractivity contribution is 7.19. The Balaban J connectivity index is 1.54. The molecule has 0 amide bonds. The van der Waals surface area contributed by atoms with E-state index in [1.165, 1.54) is 10.4 Å². The zero-order chi connectivity index (χ0) is 20.4. The lowest BCUT2D eigenvalue weighted by Crippen LogP contribution is -2.35. The fourth-order valence-corrected chi connectivity index (χ4v) is 5.61. The Kier molecular flexibility index (Phi) is 3.85. The van der Waals surface area contributed by atoms with Gasteiger partial charge in [-0.25, -0.2) is 14.5 Å². The molecule has 0 spiro atoms. The summed E-state index contributed by atoms with van der Waals surface area (Å²) in [5.41, 5.74) is 2.81. The van der Waals surface area contributed by atoms with Crippen LogP contribution in [0.4, 0.5) is 0 Å². The third kappa shape index (κ3) is 2.55. The van der Waals surface area contributed by atoms with Crippen LogP contribution in [0.25, 0.3) is 38.0 Å². The summed E-state index contributed by atoms with van der Waals surface area (Å²) in [7, 11) is 0. The van der Waals surface area contributed by atoms with Crippen LogP contribution in [0.1, 0.15) is 24.3 Å². The van der Waals surface area contributed by atoms with Crippen LogP contribution in [0.5, 0.6) is 5.75 Å². The van der Waals surface area contributed by atoms with Crippen molar-refractivity contribution in [2.45, 2.75) is 32.9 Å². The lowest BCUT2D eigenvalue weighted by Gasteiger charge is -2.30. The molecule has 150 valence electrons. The second-order valence-electron chi connectivity index (χ2n) is 8.13. The summed E-state index contributed by atoms with van der Waals surface area (Å²) >= 11 is 1.76. The molecule has 0 bridgehead atoms. The number of nitrogens with zero attached hydrogens (tertiary/aromatic N) is 5. The Bertz CT molecular complexity index is 1430. The summed E-state index contributed by atoms with van der Waals surface area (Å²) < 4.78 is 1.74. The number of benzene rings is 2. The second-order valence-corrected chi connectivity index (χ2v) is 9.21. The fraction of sp³-hybridized carbons (Fsp3) is 0.261. The van der Waals surface area contributed by atoms with E-state index >= 15 is 0 Å². The van der Waals surface area contributed by atoms with Crippen LogP contribution in [-0.2, 0) is 13.0 Å². The van der Waals surface area contributed by atoms with E-state index in [-0.39, 0.29) is 5.75 Å². The van der Waals surface area contributed by atoms with Gasteiger partial charge in [-0.1, -0.05) is 30.3 Å². The average molecular weight is 416 g/mol. The molecule has 0 atom stereocenters. The number of phenolic OH excluding ortho intramolecular Hbond substituents is 1. The predicted octanol–water partition coefficient (Wildman–Crippen LogP) is 4.63. The van der Waals surface area contributed by atoms with E-state index in [1.54, 1.807) is 22.2 Å². The van der Waals surface area contributed by atoms with Gasteiger partial charge >= 0.3 is 0 Å². The van der Waals surface area contributed by atoms with Crippen molar-refractivity contribution in [2.24, 2.45) is 0 Å². The van der Waals surface area contributed by atoms with E-state index in [4.69, 9.17) is 4.98 Å². The van der Waals surface area contributed by atoms with Gasteiger partial charge in [-0.2, -0.15) is 0 Å². The third-order valence-electron chi connectivity index (χ3n) is 6.08. The Morgan fingerprint density at radius 2 is 2.00 bits per heavy atom. The van der Waals surface area contributed by atoms with E-state index < -0.39 is 0 Å². The first kappa shape index (κ1) is 17.8. The van der Waals surface area contributed by atoms with Gasteiger partial charge in [0, 0.05) is 29.4 Å². The lowest BCUT2D eigenvalue weighted by atomic mass is 10.0. The van der Waals surface area contributed by atoms with Gasteiger partial charge in [0.05, 0.1) is 10.9 Å². The van der Waals surface area contributed by atoms with Gasteiger partial charge in [0.2, 0.25) is 0 Å². The molecule has 7 heteroatoms. The molecule has 6 rings (SSSR count). The minimum absolute atomic E-state index is 0.216. The molecule has 5 aromatic rings. The molecular formula is C23H21N5OS. The van der Waals surface area contributed by atoms with Crippen molar-refractivity contribution >= 4 is 38.0 Å². The Hall–Kier alpha value is -3.03. The fourth-order valence-electron chi connectivity index (χ4n) is 4.40. The topological polar surface area (TPSA) is 66.6 Å². The van der Waals surface area contributed by atoms with Crippen LogP contribution in [-0.4, -0.2) is 42.2 Å². The maximum atomic E-state index is 10.9. The Morgan fingerprint density at radius 3 is 2.87 bits per heavy atom. The minimum Gasteiger partial charge on any atom is -0.507 e. The van der Waals surface area contributed by atoms with Gasteiger partial charge in [-0.15, -0.1) is 16.4 Å². The van der Waals surface area contributed by atoms with Crippen molar-refractivity contribution in [2.75, 3.05) is 6.54 Å². The highest BCUT2D eigenvalue weighted by atomic mass is 32.1. The molecule has 4 heterocycles. The number of hydrogen-bond acceptors (Lipinski definition) is 6. The van der Waals surface area contributed by atoms with Crippen LogP contribution in [0.3, 0.4) is 0 Å². The Labute approximate surface area is 177 Å².